The first-order chi connectivity index (χ1) is 14.7. The molecule has 0 aromatic carbocycles. The molecule has 3 aliphatic rings. The third-order valence-corrected chi connectivity index (χ3v) is 9.63. The van der Waals surface area contributed by atoms with Gasteiger partial charge in [-0.2, -0.15) is 5.10 Å². The van der Waals surface area contributed by atoms with Gasteiger partial charge in [0.2, 0.25) is 0 Å². The van der Waals surface area contributed by atoms with Gasteiger partial charge in [-0.1, -0.05) is 11.1 Å². The van der Waals surface area contributed by atoms with E-state index in [2.05, 4.69) is 31.9 Å². The standard InChI is InChI=1S/C20H23N7OS2.ClH/c1-26(16-7-14-2-3-15(8-16)24-14)30-19-18(29-11-21-19)25-20(30)27-5-4-12(6-17(27)28)13-9-22-23-10-13;/h4-6,9-11,14-16,24,30H,2-3,7-8H2,1H3,(H,22,23);1H/t14-,15+,16-;. The zero-order chi connectivity index (χ0) is 20.2. The van der Waals surface area contributed by atoms with Crippen LogP contribution in [0, 0.1) is 0 Å². The van der Waals surface area contributed by atoms with Gasteiger partial charge in [0, 0.05) is 42.1 Å². The first-order valence-corrected chi connectivity index (χ1v) is 12.4. The zero-order valence-electron chi connectivity index (χ0n) is 16.9. The lowest BCUT2D eigenvalue weighted by Crippen LogP contribution is -2.46. The summed E-state index contributed by atoms with van der Waals surface area (Å²) in [7, 11) is 2.19. The number of thiazole rings is 1. The largest absolute Gasteiger partial charge is 0.311 e. The van der Waals surface area contributed by atoms with Crippen LogP contribution in [0.5, 0.6) is 0 Å². The van der Waals surface area contributed by atoms with Gasteiger partial charge in [-0.05, 0) is 44.4 Å². The molecule has 31 heavy (non-hydrogen) atoms. The third-order valence-electron chi connectivity index (χ3n) is 6.38. The molecule has 3 aromatic heterocycles. The molecule has 0 spiro atoms. The summed E-state index contributed by atoms with van der Waals surface area (Å²) >= 11 is 0.620. The molecule has 11 heteroatoms. The topological polar surface area (TPSA) is 91.2 Å². The molecule has 0 aliphatic carbocycles. The van der Waals surface area contributed by atoms with Crippen LogP contribution in [0.15, 0.2) is 51.0 Å². The molecular weight excluding hydrogens is 454 g/mol. The van der Waals surface area contributed by atoms with Crippen LogP contribution in [0.1, 0.15) is 25.7 Å². The number of H-pyrrole nitrogens is 1. The Morgan fingerprint density at radius 1 is 1.26 bits per heavy atom. The second kappa shape index (κ2) is 8.18. The smallest absolute Gasteiger partial charge is 0.257 e. The molecule has 2 fully saturated rings. The van der Waals surface area contributed by atoms with E-state index in [9.17, 15) is 4.79 Å². The van der Waals surface area contributed by atoms with Crippen LogP contribution in [0.2, 0.25) is 0 Å². The Bertz CT molecular complexity index is 1160. The predicted octanol–water partition coefficient (Wildman–Crippen LogP) is 3.16. The summed E-state index contributed by atoms with van der Waals surface area (Å²) in [6, 6.07) is 5.31. The van der Waals surface area contributed by atoms with Gasteiger partial charge < -0.3 is 5.32 Å². The monoisotopic (exact) mass is 477 g/mol. The van der Waals surface area contributed by atoms with Crippen molar-refractivity contribution in [1.29, 1.82) is 0 Å². The fourth-order valence-electron chi connectivity index (χ4n) is 4.86. The number of halogens is 1. The number of aliphatic imine (C=N–C) groups is 1. The molecule has 0 amide bonds. The van der Waals surface area contributed by atoms with Crippen molar-refractivity contribution in [2.75, 3.05) is 7.05 Å². The summed E-state index contributed by atoms with van der Waals surface area (Å²) in [6.07, 6.45) is 10.2. The van der Waals surface area contributed by atoms with Crippen LogP contribution >= 0.6 is 34.8 Å². The zero-order valence-corrected chi connectivity index (χ0v) is 19.5. The van der Waals surface area contributed by atoms with Crippen molar-refractivity contribution in [3.05, 3.63) is 46.6 Å². The highest BCUT2D eigenvalue weighted by molar-refractivity contribution is 8.28. The summed E-state index contributed by atoms with van der Waals surface area (Å²) in [6.45, 7) is 0. The molecule has 8 nitrogen and oxygen atoms in total. The molecule has 6 heterocycles. The quantitative estimate of drug-likeness (QED) is 0.504. The van der Waals surface area contributed by atoms with E-state index < -0.39 is 11.1 Å². The Kier molecular flexibility index (Phi) is 5.51. The van der Waals surface area contributed by atoms with E-state index in [-0.39, 0.29) is 18.0 Å². The number of thiol groups is 1. The highest BCUT2D eigenvalue weighted by atomic mass is 35.5. The molecule has 6 rings (SSSR count). The van der Waals surface area contributed by atoms with Crippen molar-refractivity contribution in [3.8, 4) is 11.1 Å². The van der Waals surface area contributed by atoms with Crippen LogP contribution in [-0.4, -0.2) is 54.4 Å². The highest BCUT2D eigenvalue weighted by Crippen LogP contribution is 2.54. The van der Waals surface area contributed by atoms with Crippen molar-refractivity contribution in [3.63, 3.8) is 0 Å². The maximum absolute atomic E-state index is 13.1. The van der Waals surface area contributed by atoms with Crippen molar-refractivity contribution < 1.29 is 0 Å². The molecule has 164 valence electrons. The van der Waals surface area contributed by atoms with Gasteiger partial charge in [0.25, 0.3) is 5.56 Å². The number of piperidine rings is 1. The van der Waals surface area contributed by atoms with Crippen LogP contribution in [-0.2, 0) is 0 Å². The maximum Gasteiger partial charge on any atom is 0.257 e. The summed E-state index contributed by atoms with van der Waals surface area (Å²) in [5.74, 6) is 0. The number of hydrogen-bond acceptors (Lipinski definition) is 7. The number of pyridine rings is 1. The van der Waals surface area contributed by atoms with Crippen LogP contribution in [0.4, 0.5) is 5.00 Å². The van der Waals surface area contributed by atoms with E-state index in [1.807, 2.05) is 17.8 Å². The first-order valence-electron chi connectivity index (χ1n) is 10.2. The van der Waals surface area contributed by atoms with E-state index >= 15 is 0 Å². The lowest BCUT2D eigenvalue weighted by molar-refractivity contribution is 0.264. The first kappa shape index (κ1) is 20.9. The van der Waals surface area contributed by atoms with Crippen molar-refractivity contribution >= 4 is 45.0 Å². The number of nitrogens with zero attached hydrogens (tertiary/aromatic N) is 5. The van der Waals surface area contributed by atoms with E-state index in [4.69, 9.17) is 4.99 Å². The van der Waals surface area contributed by atoms with Gasteiger partial charge in [0.05, 0.1) is 11.7 Å². The lowest BCUT2D eigenvalue weighted by Gasteiger charge is -2.40. The second-order valence-electron chi connectivity index (χ2n) is 8.15. The Hall–Kier alpha value is -1.98. The minimum Gasteiger partial charge on any atom is -0.311 e. The molecule has 2 bridgehead atoms. The second-order valence-corrected chi connectivity index (χ2v) is 11.1. The van der Waals surface area contributed by atoms with E-state index in [1.54, 1.807) is 34.4 Å². The SMILES string of the molecule is CN([C@@H]1C[C@H]2CC[C@@H](C1)N2)[SH]1C(n2ccc(-c3cn[nH]c3)cc2=O)=Nc2scnc21.Cl. The molecule has 0 saturated carbocycles. The van der Waals surface area contributed by atoms with E-state index in [0.29, 0.717) is 18.1 Å². The number of aromatic amines is 1. The van der Waals surface area contributed by atoms with Crippen molar-refractivity contribution in [2.45, 2.75) is 48.8 Å². The lowest BCUT2D eigenvalue weighted by atomic mass is 10.0. The fourth-order valence-corrected chi connectivity index (χ4v) is 8.23. The number of rotatable bonds is 3. The van der Waals surface area contributed by atoms with Crippen LogP contribution in [0.25, 0.3) is 11.1 Å². The van der Waals surface area contributed by atoms with E-state index in [0.717, 1.165) is 39.2 Å². The molecule has 1 unspecified atom stereocenters. The van der Waals surface area contributed by atoms with Crippen molar-refractivity contribution in [1.82, 2.24) is 29.4 Å². The summed E-state index contributed by atoms with van der Waals surface area (Å²) in [5.41, 5.74) is 3.54. The van der Waals surface area contributed by atoms with Gasteiger partial charge in [0.1, 0.15) is 5.03 Å². The molecule has 4 atom stereocenters. The molecule has 2 saturated heterocycles. The highest BCUT2D eigenvalue weighted by Gasteiger charge is 2.40. The summed E-state index contributed by atoms with van der Waals surface area (Å²) in [4.78, 5) is 22.6. The average Bonchev–Trinajstić information content (AvgIpc) is 3.52. The minimum absolute atomic E-state index is 0. The Balaban J connectivity index is 0.00000204. The molecule has 0 radical (unpaired) electrons. The predicted molar refractivity (Wildman–Crippen MR) is 128 cm³/mol. The summed E-state index contributed by atoms with van der Waals surface area (Å²) < 4.78 is 4.16. The van der Waals surface area contributed by atoms with Crippen LogP contribution in [0.3, 0.4) is 0 Å². The van der Waals surface area contributed by atoms with Gasteiger partial charge in [-0.15, -0.1) is 23.7 Å². The average molecular weight is 478 g/mol. The summed E-state index contributed by atoms with van der Waals surface area (Å²) in [5, 5.41) is 13.3. The molecule has 3 aliphatic heterocycles. The minimum atomic E-state index is -0.930. The fraction of sp³-hybridized carbons (Fsp3) is 0.400. The Labute approximate surface area is 192 Å². The maximum atomic E-state index is 13.1. The third kappa shape index (κ3) is 3.56. The number of nitrogens with one attached hydrogen (secondary N) is 2. The van der Waals surface area contributed by atoms with Crippen LogP contribution < -0.4 is 10.9 Å². The van der Waals surface area contributed by atoms with Gasteiger partial charge in [0.15, 0.2) is 10.2 Å². The number of aromatic nitrogens is 4. The number of fused-ring (bicyclic) bond motifs is 3. The van der Waals surface area contributed by atoms with Gasteiger partial charge in [-0.3, -0.25) is 18.8 Å². The van der Waals surface area contributed by atoms with Crippen molar-refractivity contribution in [2.24, 2.45) is 4.99 Å². The molecular formula is C20H24ClN7OS2. The van der Waals surface area contributed by atoms with Gasteiger partial charge in [-0.25, -0.2) is 9.98 Å². The van der Waals surface area contributed by atoms with E-state index in [1.165, 1.54) is 12.8 Å². The molecule has 2 N–H and O–H groups in total. The normalized spacial score (nSPS) is 27.7. The molecule has 3 aromatic rings. The Morgan fingerprint density at radius 2 is 2.06 bits per heavy atom. The number of hydrogen-bond donors (Lipinski definition) is 3. The van der Waals surface area contributed by atoms with Gasteiger partial charge >= 0.3 is 0 Å². The Morgan fingerprint density at radius 3 is 2.77 bits per heavy atom.